The summed E-state index contributed by atoms with van der Waals surface area (Å²) in [5, 5.41) is 3.88. The number of hydrogen-bond acceptors (Lipinski definition) is 3. The number of ether oxygens (including phenoxy) is 2. The summed E-state index contributed by atoms with van der Waals surface area (Å²) in [6.07, 6.45) is -5.08. The van der Waals surface area contributed by atoms with E-state index in [1.807, 2.05) is 0 Å². The van der Waals surface area contributed by atoms with Gasteiger partial charge in [0.05, 0.1) is 10.0 Å². The number of fused-ring (bicyclic) bond motifs is 1. The number of para-hydroxylation sites is 1. The minimum Gasteiger partial charge on any atom is -0.424 e. The molecule has 132 valence electrons. The molecule has 0 bridgehead atoms. The molecule has 2 aromatic carbocycles. The van der Waals surface area contributed by atoms with Crippen LogP contribution in [0.25, 0.3) is 0 Å². The molecule has 1 heterocycles. The van der Waals surface area contributed by atoms with Gasteiger partial charge in [0, 0.05) is 17.8 Å². The molecule has 5 nitrogen and oxygen atoms in total. The Hall–Kier alpha value is -2.32. The number of halogens is 5. The second-order valence-electron chi connectivity index (χ2n) is 4.98. The van der Waals surface area contributed by atoms with Gasteiger partial charge in [-0.05, 0) is 12.1 Å². The van der Waals surface area contributed by atoms with Crippen molar-refractivity contribution in [3.05, 3.63) is 52.5 Å². The third-order valence-electron chi connectivity index (χ3n) is 3.18. The number of anilines is 1. The second-order valence-corrected chi connectivity index (χ2v) is 5.79. The van der Waals surface area contributed by atoms with E-state index in [1.54, 1.807) is 23.5 Å². The highest BCUT2D eigenvalue weighted by Gasteiger charge is 2.65. The molecule has 2 N–H and O–H groups in total. The standard InChI is InChI=1S/C15H9Cl2F3N2O3/c16-9-6-11-12(7-10(9)17)25-15(24-11,14(18,19)20)22-13(23)21-8-4-2-1-3-5-8/h1-7H,(H2,21,22,23). The van der Waals surface area contributed by atoms with Crippen molar-refractivity contribution >= 4 is 34.9 Å². The SMILES string of the molecule is O=C(Nc1ccccc1)NC1(C(F)(F)F)Oc2cc(Cl)c(Cl)cc2O1. The molecular weight excluding hydrogens is 384 g/mol. The molecule has 0 radical (unpaired) electrons. The maximum Gasteiger partial charge on any atom is 0.492 e. The summed E-state index contributed by atoms with van der Waals surface area (Å²) in [4.78, 5) is 12.0. The fourth-order valence-corrected chi connectivity index (χ4v) is 2.38. The first-order valence-corrected chi connectivity index (χ1v) is 7.54. The molecule has 0 aromatic heterocycles. The molecule has 2 amide bonds. The number of nitrogens with one attached hydrogen (secondary N) is 2. The van der Waals surface area contributed by atoms with Crippen molar-refractivity contribution in [2.75, 3.05) is 5.32 Å². The predicted octanol–water partition coefficient (Wildman–Crippen LogP) is 4.80. The molecule has 2 aromatic rings. The fraction of sp³-hybridized carbons (Fsp3) is 0.133. The molecule has 0 unspecified atom stereocenters. The van der Waals surface area contributed by atoms with E-state index in [2.05, 4.69) is 5.32 Å². The van der Waals surface area contributed by atoms with Crippen LogP contribution in [0, 0.1) is 0 Å². The second kappa shape index (κ2) is 6.20. The largest absolute Gasteiger partial charge is 0.492 e. The van der Waals surface area contributed by atoms with Gasteiger partial charge in [-0.25, -0.2) is 4.79 Å². The van der Waals surface area contributed by atoms with E-state index in [-0.39, 0.29) is 21.5 Å². The Morgan fingerprint density at radius 1 is 1.00 bits per heavy atom. The zero-order valence-electron chi connectivity index (χ0n) is 12.2. The van der Waals surface area contributed by atoms with Crippen LogP contribution in [-0.2, 0) is 0 Å². The van der Waals surface area contributed by atoms with Crippen LogP contribution in [0.1, 0.15) is 0 Å². The van der Waals surface area contributed by atoms with Crippen molar-refractivity contribution in [2.45, 2.75) is 12.1 Å². The number of benzene rings is 2. The third-order valence-corrected chi connectivity index (χ3v) is 3.90. The highest BCUT2D eigenvalue weighted by Crippen LogP contribution is 2.47. The monoisotopic (exact) mass is 392 g/mol. The molecule has 3 rings (SSSR count). The number of carbonyl (C=O) groups is 1. The predicted molar refractivity (Wildman–Crippen MR) is 85.1 cm³/mol. The van der Waals surface area contributed by atoms with Gasteiger partial charge >= 0.3 is 18.1 Å². The number of carbonyl (C=O) groups excluding carboxylic acids is 1. The normalized spacial score (nSPS) is 14.9. The molecule has 0 fully saturated rings. The van der Waals surface area contributed by atoms with Gasteiger partial charge < -0.3 is 14.8 Å². The number of alkyl halides is 3. The van der Waals surface area contributed by atoms with Gasteiger partial charge in [-0.15, -0.1) is 0 Å². The molecule has 1 aliphatic rings. The topological polar surface area (TPSA) is 59.6 Å². The first-order valence-electron chi connectivity index (χ1n) is 6.78. The van der Waals surface area contributed by atoms with Gasteiger partial charge in [-0.3, -0.25) is 5.32 Å². The summed E-state index contributed by atoms with van der Waals surface area (Å²) in [6, 6.07) is 8.89. The first-order chi connectivity index (χ1) is 11.7. The van der Waals surface area contributed by atoms with Crippen LogP contribution in [-0.4, -0.2) is 18.1 Å². The molecule has 25 heavy (non-hydrogen) atoms. The number of rotatable bonds is 2. The van der Waals surface area contributed by atoms with Crippen LogP contribution in [0.2, 0.25) is 10.0 Å². The summed E-state index contributed by atoms with van der Waals surface area (Å²) in [5.74, 6) is -4.00. The van der Waals surface area contributed by atoms with Crippen LogP contribution in [0.15, 0.2) is 42.5 Å². The quantitative estimate of drug-likeness (QED) is 0.771. The first kappa shape index (κ1) is 17.5. The van der Waals surface area contributed by atoms with Crippen molar-refractivity contribution in [3.63, 3.8) is 0 Å². The van der Waals surface area contributed by atoms with Crippen LogP contribution in [0.3, 0.4) is 0 Å². The lowest BCUT2D eigenvalue weighted by Gasteiger charge is -2.29. The highest BCUT2D eigenvalue weighted by molar-refractivity contribution is 6.42. The smallest absolute Gasteiger partial charge is 0.424 e. The van der Waals surface area contributed by atoms with Crippen LogP contribution in [0.5, 0.6) is 11.5 Å². The highest BCUT2D eigenvalue weighted by atomic mass is 35.5. The maximum absolute atomic E-state index is 13.5. The molecule has 1 aliphatic heterocycles. The number of urea groups is 1. The number of hydrogen-bond donors (Lipinski definition) is 2. The van der Waals surface area contributed by atoms with Crippen LogP contribution in [0.4, 0.5) is 23.7 Å². The molecule has 0 aliphatic carbocycles. The van der Waals surface area contributed by atoms with Gasteiger partial charge in [-0.1, -0.05) is 41.4 Å². The minimum atomic E-state index is -5.08. The van der Waals surface area contributed by atoms with Crippen LogP contribution >= 0.6 is 23.2 Å². The Kier molecular flexibility index (Phi) is 4.34. The van der Waals surface area contributed by atoms with Gasteiger partial charge in [-0.2, -0.15) is 13.2 Å². The molecule has 0 spiro atoms. The Bertz CT molecular complexity index is 785. The molecular formula is C15H9Cl2F3N2O3. The fourth-order valence-electron chi connectivity index (χ4n) is 2.07. The molecule has 10 heteroatoms. The lowest BCUT2D eigenvalue weighted by Crippen LogP contribution is -2.65. The van der Waals surface area contributed by atoms with Gasteiger partial charge in [0.2, 0.25) is 0 Å². The average molecular weight is 393 g/mol. The summed E-state index contributed by atoms with van der Waals surface area (Å²) in [5.41, 5.74) is 0.291. The molecule has 0 atom stereocenters. The van der Waals surface area contributed by atoms with E-state index in [0.29, 0.717) is 5.69 Å². The van der Waals surface area contributed by atoms with Crippen LogP contribution < -0.4 is 20.1 Å². The average Bonchev–Trinajstić information content (AvgIpc) is 2.86. The van der Waals surface area contributed by atoms with E-state index < -0.39 is 18.1 Å². The van der Waals surface area contributed by atoms with E-state index >= 15 is 0 Å². The van der Waals surface area contributed by atoms with Gasteiger partial charge in [0.1, 0.15) is 0 Å². The van der Waals surface area contributed by atoms with Crippen molar-refractivity contribution in [3.8, 4) is 11.5 Å². The maximum atomic E-state index is 13.5. The van der Waals surface area contributed by atoms with Crippen molar-refractivity contribution in [2.24, 2.45) is 0 Å². The molecule has 0 saturated carbocycles. The summed E-state index contributed by atoms with van der Waals surface area (Å²) >= 11 is 11.5. The third kappa shape index (κ3) is 3.40. The van der Waals surface area contributed by atoms with E-state index in [9.17, 15) is 18.0 Å². The Morgan fingerprint density at radius 3 is 2.00 bits per heavy atom. The summed E-state index contributed by atoms with van der Waals surface area (Å²) in [6.45, 7) is 0. The van der Waals surface area contributed by atoms with Crippen molar-refractivity contribution in [1.82, 2.24) is 5.32 Å². The Morgan fingerprint density at radius 2 is 1.52 bits per heavy atom. The summed E-state index contributed by atoms with van der Waals surface area (Å²) in [7, 11) is 0. The van der Waals surface area contributed by atoms with E-state index in [1.165, 1.54) is 12.1 Å². The van der Waals surface area contributed by atoms with Gasteiger partial charge in [0.25, 0.3) is 0 Å². The lowest BCUT2D eigenvalue weighted by atomic mass is 10.3. The zero-order valence-corrected chi connectivity index (χ0v) is 13.7. The minimum absolute atomic E-state index is 0.0178. The zero-order chi connectivity index (χ0) is 18.2. The van der Waals surface area contributed by atoms with Crippen molar-refractivity contribution < 1.29 is 27.4 Å². The van der Waals surface area contributed by atoms with E-state index in [4.69, 9.17) is 32.7 Å². The van der Waals surface area contributed by atoms with Crippen molar-refractivity contribution in [1.29, 1.82) is 0 Å². The Labute approximate surface area is 149 Å². The number of amides is 2. The lowest BCUT2D eigenvalue weighted by molar-refractivity contribution is -0.317. The van der Waals surface area contributed by atoms with E-state index in [0.717, 1.165) is 12.1 Å². The summed E-state index contributed by atoms with van der Waals surface area (Å²) < 4.78 is 50.2. The molecule has 0 saturated heterocycles. The van der Waals surface area contributed by atoms with Gasteiger partial charge in [0.15, 0.2) is 11.5 Å². The Balaban J connectivity index is 1.85.